The molecule has 3 heterocycles. The molecule has 182 valence electrons. The minimum absolute atomic E-state index is 0.0361. The average molecular weight is 500 g/mol. The van der Waals surface area contributed by atoms with Crippen LogP contribution in [0.2, 0.25) is 0 Å². The molecule has 3 aromatic heterocycles. The van der Waals surface area contributed by atoms with Crippen LogP contribution in [-0.4, -0.2) is 26.1 Å². The fourth-order valence-corrected chi connectivity index (χ4v) is 4.69. The summed E-state index contributed by atoms with van der Waals surface area (Å²) >= 11 is 1.52. The van der Waals surface area contributed by atoms with Crippen LogP contribution in [0.15, 0.2) is 75.2 Å². The van der Waals surface area contributed by atoms with Gasteiger partial charge in [-0.1, -0.05) is 37.3 Å². The van der Waals surface area contributed by atoms with E-state index in [4.69, 9.17) is 8.83 Å². The van der Waals surface area contributed by atoms with E-state index in [0.717, 1.165) is 17.1 Å². The summed E-state index contributed by atoms with van der Waals surface area (Å²) in [5, 5.41) is 14.4. The first-order valence-electron chi connectivity index (χ1n) is 11.6. The van der Waals surface area contributed by atoms with Crippen LogP contribution in [0.25, 0.3) is 22.9 Å². The molecule has 2 aromatic carbocycles. The lowest BCUT2D eigenvalue weighted by Crippen LogP contribution is -2.26. The Morgan fingerprint density at radius 1 is 1.06 bits per heavy atom. The number of thiazole rings is 1. The standard InChI is InChI=1S/C27H25N5O3S/c1-16(11-19-7-5-4-6-8-19)24-31-32-26(35-24)22-13-20(12-21(14-22)25-28-9-10-34-25)23(33)30-18(3)27-29-17(2)15-36-27/h4-10,12-16,18H,11H2,1-3H3,(H,30,33). The first kappa shape index (κ1) is 23.6. The van der Waals surface area contributed by atoms with E-state index in [0.29, 0.717) is 34.4 Å². The third-order valence-electron chi connectivity index (χ3n) is 5.72. The summed E-state index contributed by atoms with van der Waals surface area (Å²) in [6.07, 6.45) is 3.83. The highest BCUT2D eigenvalue weighted by molar-refractivity contribution is 7.09. The van der Waals surface area contributed by atoms with Gasteiger partial charge >= 0.3 is 0 Å². The number of benzene rings is 2. The summed E-state index contributed by atoms with van der Waals surface area (Å²) in [5.41, 5.74) is 3.80. The summed E-state index contributed by atoms with van der Waals surface area (Å²) in [6.45, 7) is 5.89. The number of oxazole rings is 1. The Morgan fingerprint density at radius 2 is 1.83 bits per heavy atom. The van der Waals surface area contributed by atoms with E-state index in [9.17, 15) is 4.79 Å². The molecule has 0 aliphatic carbocycles. The van der Waals surface area contributed by atoms with Gasteiger partial charge in [-0.3, -0.25) is 4.79 Å². The summed E-state index contributed by atoms with van der Waals surface area (Å²) in [6, 6.07) is 15.2. The molecule has 0 spiro atoms. The Balaban J connectivity index is 1.43. The number of hydrogen-bond donors (Lipinski definition) is 1. The van der Waals surface area contributed by atoms with Gasteiger partial charge in [0.2, 0.25) is 17.7 Å². The molecule has 0 bridgehead atoms. The molecule has 36 heavy (non-hydrogen) atoms. The molecular weight excluding hydrogens is 474 g/mol. The monoisotopic (exact) mass is 499 g/mol. The lowest BCUT2D eigenvalue weighted by Gasteiger charge is -2.12. The Labute approximate surface area is 212 Å². The molecule has 1 amide bonds. The molecule has 0 saturated heterocycles. The molecule has 0 fully saturated rings. The van der Waals surface area contributed by atoms with Crippen LogP contribution >= 0.6 is 11.3 Å². The number of amides is 1. The molecule has 0 aliphatic rings. The molecule has 0 aliphatic heterocycles. The maximum Gasteiger partial charge on any atom is 0.251 e. The third-order valence-corrected chi connectivity index (χ3v) is 6.87. The van der Waals surface area contributed by atoms with E-state index in [1.54, 1.807) is 18.3 Å². The topological polar surface area (TPSA) is 107 Å². The van der Waals surface area contributed by atoms with Crippen molar-refractivity contribution in [1.29, 1.82) is 0 Å². The van der Waals surface area contributed by atoms with Crippen LogP contribution in [0.1, 0.15) is 58.3 Å². The second-order valence-electron chi connectivity index (χ2n) is 8.69. The zero-order valence-corrected chi connectivity index (χ0v) is 21.0. The van der Waals surface area contributed by atoms with E-state index < -0.39 is 0 Å². The van der Waals surface area contributed by atoms with Gasteiger partial charge in [0.25, 0.3) is 5.91 Å². The summed E-state index contributed by atoms with van der Waals surface area (Å²) in [4.78, 5) is 21.9. The van der Waals surface area contributed by atoms with Crippen LogP contribution in [0.4, 0.5) is 0 Å². The molecule has 2 atom stereocenters. The molecular formula is C27H25N5O3S. The first-order valence-corrected chi connectivity index (χ1v) is 12.5. The Kier molecular flexibility index (Phi) is 6.73. The van der Waals surface area contributed by atoms with Gasteiger partial charge in [0.1, 0.15) is 11.3 Å². The number of aromatic nitrogens is 4. The SMILES string of the molecule is Cc1csc(C(C)NC(=O)c2cc(-c3ncco3)cc(-c3nnc(C(C)Cc4ccccc4)o3)c2)n1. The minimum atomic E-state index is -0.248. The zero-order chi connectivity index (χ0) is 25.1. The van der Waals surface area contributed by atoms with Gasteiger partial charge in [-0.25, -0.2) is 9.97 Å². The lowest BCUT2D eigenvalue weighted by molar-refractivity contribution is 0.0940. The predicted octanol–water partition coefficient (Wildman–Crippen LogP) is 5.99. The molecule has 1 N–H and O–H groups in total. The van der Waals surface area contributed by atoms with E-state index in [2.05, 4.69) is 37.6 Å². The second kappa shape index (κ2) is 10.2. The number of rotatable bonds is 8. The summed E-state index contributed by atoms with van der Waals surface area (Å²) < 4.78 is 11.5. The normalized spacial score (nSPS) is 12.9. The first-order chi connectivity index (χ1) is 17.5. The number of hydrogen-bond acceptors (Lipinski definition) is 8. The van der Waals surface area contributed by atoms with Crippen molar-refractivity contribution in [1.82, 2.24) is 25.5 Å². The largest absolute Gasteiger partial charge is 0.445 e. The van der Waals surface area contributed by atoms with Crippen molar-refractivity contribution < 1.29 is 13.6 Å². The van der Waals surface area contributed by atoms with Crippen molar-refractivity contribution >= 4 is 17.2 Å². The predicted molar refractivity (Wildman–Crippen MR) is 137 cm³/mol. The van der Waals surface area contributed by atoms with Crippen LogP contribution < -0.4 is 5.32 Å². The smallest absolute Gasteiger partial charge is 0.251 e. The van der Waals surface area contributed by atoms with Crippen LogP contribution in [0.3, 0.4) is 0 Å². The number of carbonyl (C=O) groups is 1. The lowest BCUT2D eigenvalue weighted by atomic mass is 10.0. The number of aryl methyl sites for hydroxylation is 1. The van der Waals surface area contributed by atoms with Crippen molar-refractivity contribution in [2.45, 2.75) is 39.2 Å². The van der Waals surface area contributed by atoms with Gasteiger partial charge in [0, 0.05) is 33.7 Å². The van der Waals surface area contributed by atoms with Crippen molar-refractivity contribution in [3.05, 3.63) is 94.1 Å². The van der Waals surface area contributed by atoms with E-state index in [1.807, 2.05) is 50.4 Å². The highest BCUT2D eigenvalue weighted by atomic mass is 32.1. The molecule has 0 saturated carbocycles. The van der Waals surface area contributed by atoms with Gasteiger partial charge < -0.3 is 14.2 Å². The van der Waals surface area contributed by atoms with Crippen molar-refractivity contribution in [3.63, 3.8) is 0 Å². The highest BCUT2D eigenvalue weighted by Gasteiger charge is 2.20. The maximum absolute atomic E-state index is 13.2. The maximum atomic E-state index is 13.2. The fourth-order valence-electron chi connectivity index (χ4n) is 3.89. The number of nitrogens with one attached hydrogen (secondary N) is 1. The fraction of sp³-hybridized carbons (Fsp3) is 0.222. The van der Waals surface area contributed by atoms with Gasteiger partial charge in [-0.15, -0.1) is 21.5 Å². The molecule has 0 radical (unpaired) electrons. The highest BCUT2D eigenvalue weighted by Crippen LogP contribution is 2.29. The van der Waals surface area contributed by atoms with Gasteiger partial charge in [-0.05, 0) is 44.0 Å². The molecule has 9 heteroatoms. The molecule has 5 aromatic rings. The van der Waals surface area contributed by atoms with Crippen molar-refractivity contribution in [3.8, 4) is 22.9 Å². The second-order valence-corrected chi connectivity index (χ2v) is 9.58. The minimum Gasteiger partial charge on any atom is -0.445 e. The van der Waals surface area contributed by atoms with Gasteiger partial charge in [-0.2, -0.15) is 0 Å². The summed E-state index contributed by atoms with van der Waals surface area (Å²) in [7, 11) is 0. The van der Waals surface area contributed by atoms with Crippen LogP contribution in [-0.2, 0) is 6.42 Å². The van der Waals surface area contributed by atoms with Gasteiger partial charge in [0.15, 0.2) is 0 Å². The third kappa shape index (κ3) is 5.26. The van der Waals surface area contributed by atoms with Crippen molar-refractivity contribution in [2.24, 2.45) is 0 Å². The Morgan fingerprint density at radius 3 is 2.53 bits per heavy atom. The van der Waals surface area contributed by atoms with Crippen LogP contribution in [0, 0.1) is 6.92 Å². The Hall–Kier alpha value is -4.11. The van der Waals surface area contributed by atoms with Gasteiger partial charge in [0.05, 0.1) is 12.2 Å². The molecule has 8 nitrogen and oxygen atoms in total. The van der Waals surface area contributed by atoms with E-state index in [1.165, 1.54) is 23.2 Å². The van der Waals surface area contributed by atoms with E-state index >= 15 is 0 Å². The van der Waals surface area contributed by atoms with E-state index in [-0.39, 0.29) is 17.9 Å². The quantitative estimate of drug-likeness (QED) is 0.279. The molecule has 5 rings (SSSR count). The molecule has 2 unspecified atom stereocenters. The Bertz CT molecular complexity index is 1460. The summed E-state index contributed by atoms with van der Waals surface area (Å²) in [5.74, 6) is 1.05. The number of nitrogens with zero attached hydrogens (tertiary/aromatic N) is 4. The van der Waals surface area contributed by atoms with Crippen molar-refractivity contribution in [2.75, 3.05) is 0 Å². The van der Waals surface area contributed by atoms with Crippen LogP contribution in [0.5, 0.6) is 0 Å². The average Bonchev–Trinajstić information content (AvgIpc) is 3.66. The zero-order valence-electron chi connectivity index (χ0n) is 20.1. The number of carbonyl (C=O) groups excluding carboxylic acids is 1.